The summed E-state index contributed by atoms with van der Waals surface area (Å²) in [6.07, 6.45) is 1.68. The molecule has 1 aromatic carbocycles. The summed E-state index contributed by atoms with van der Waals surface area (Å²) in [7, 11) is -2.27. The molecule has 0 unspecified atom stereocenters. The Kier molecular flexibility index (Phi) is 6.52. The predicted octanol–water partition coefficient (Wildman–Crippen LogP) is 2.12. The van der Waals surface area contributed by atoms with E-state index in [1.54, 1.807) is 6.08 Å². The van der Waals surface area contributed by atoms with Gasteiger partial charge in [-0.2, -0.15) is 0 Å². The number of hydrogen-bond donors (Lipinski definition) is 2. The van der Waals surface area contributed by atoms with E-state index >= 15 is 0 Å². The Bertz CT molecular complexity index is 1060. The molecule has 0 radical (unpaired) electrons. The number of thioether (sulfide) groups is 1. The molecule has 1 saturated heterocycles. The molecule has 1 fully saturated rings. The second-order valence-electron chi connectivity index (χ2n) is 5.84. The first-order valence-electron chi connectivity index (χ1n) is 8.42. The van der Waals surface area contributed by atoms with Gasteiger partial charge in [0.15, 0.2) is 0 Å². The number of amides is 3. The third kappa shape index (κ3) is 4.93. The Balaban J connectivity index is 1.56. The van der Waals surface area contributed by atoms with Crippen LogP contribution in [0.15, 0.2) is 51.6 Å². The normalized spacial score (nSPS) is 15.9. The maximum absolute atomic E-state index is 12.4. The monoisotopic (exact) mass is 451 g/mol. The van der Waals surface area contributed by atoms with Crippen molar-refractivity contribution in [1.82, 2.24) is 14.9 Å². The number of carbonyl (C=O) groups excluding carboxylic acids is 3. The molecule has 1 aromatic heterocycles. The van der Waals surface area contributed by atoms with E-state index in [1.807, 2.05) is 17.5 Å². The van der Waals surface area contributed by atoms with Crippen LogP contribution in [0.1, 0.15) is 15.2 Å². The topological polar surface area (TPSA) is 113 Å². The minimum atomic E-state index is -3.58. The Labute approximate surface area is 176 Å². The van der Waals surface area contributed by atoms with Gasteiger partial charge in [0.25, 0.3) is 17.1 Å². The lowest BCUT2D eigenvalue weighted by Crippen LogP contribution is -2.37. The van der Waals surface area contributed by atoms with Gasteiger partial charge in [-0.1, -0.05) is 6.07 Å². The van der Waals surface area contributed by atoms with Gasteiger partial charge in [0.1, 0.15) is 0 Å². The van der Waals surface area contributed by atoms with Crippen molar-refractivity contribution in [3.63, 3.8) is 0 Å². The number of nitrogens with one attached hydrogen (secondary N) is 2. The zero-order chi connectivity index (χ0) is 21.0. The van der Waals surface area contributed by atoms with E-state index in [9.17, 15) is 22.8 Å². The average Bonchev–Trinajstić information content (AvgIpc) is 3.31. The van der Waals surface area contributed by atoms with Crippen LogP contribution in [0.2, 0.25) is 0 Å². The highest BCUT2D eigenvalue weighted by Gasteiger charge is 2.34. The van der Waals surface area contributed by atoms with E-state index in [4.69, 9.17) is 0 Å². The van der Waals surface area contributed by atoms with Crippen LogP contribution in [0.3, 0.4) is 0 Å². The molecule has 1 aliphatic heterocycles. The molecule has 152 valence electrons. The van der Waals surface area contributed by atoms with Crippen LogP contribution in [0.4, 0.5) is 4.79 Å². The highest BCUT2D eigenvalue weighted by molar-refractivity contribution is 8.18. The first-order valence-corrected chi connectivity index (χ1v) is 11.6. The molecular formula is C18H17N3O5S3. The van der Waals surface area contributed by atoms with Crippen molar-refractivity contribution < 1.29 is 22.8 Å². The minimum Gasteiger partial charge on any atom is -0.350 e. The Hall–Kier alpha value is -2.47. The highest BCUT2D eigenvalue weighted by atomic mass is 32.2. The molecule has 3 amide bonds. The number of benzene rings is 1. The van der Waals surface area contributed by atoms with Gasteiger partial charge in [-0.05, 0) is 60.6 Å². The van der Waals surface area contributed by atoms with Crippen LogP contribution in [0.5, 0.6) is 0 Å². The van der Waals surface area contributed by atoms with Crippen LogP contribution in [0.25, 0.3) is 6.08 Å². The van der Waals surface area contributed by atoms with Crippen LogP contribution >= 0.6 is 23.1 Å². The third-order valence-electron chi connectivity index (χ3n) is 4.01. The van der Waals surface area contributed by atoms with Gasteiger partial charge >= 0.3 is 0 Å². The number of sulfonamides is 1. The molecule has 0 saturated carbocycles. The first kappa shape index (κ1) is 21.2. The van der Waals surface area contributed by atoms with Gasteiger partial charge in [-0.25, -0.2) is 13.1 Å². The third-order valence-corrected chi connectivity index (χ3v) is 7.16. The van der Waals surface area contributed by atoms with Gasteiger partial charge in [-0.15, -0.1) is 11.3 Å². The molecule has 0 aliphatic carbocycles. The Morgan fingerprint density at radius 1 is 1.17 bits per heavy atom. The lowest BCUT2D eigenvalue weighted by molar-refractivity contribution is -0.122. The van der Waals surface area contributed by atoms with E-state index in [1.165, 1.54) is 42.6 Å². The lowest BCUT2D eigenvalue weighted by atomic mass is 10.2. The molecule has 29 heavy (non-hydrogen) atoms. The molecule has 11 heteroatoms. The minimum absolute atomic E-state index is 0.0460. The van der Waals surface area contributed by atoms with E-state index in [2.05, 4.69) is 10.0 Å². The summed E-state index contributed by atoms with van der Waals surface area (Å²) in [6, 6.07) is 9.15. The predicted molar refractivity (Wildman–Crippen MR) is 112 cm³/mol. The maximum atomic E-state index is 12.4. The number of nitrogens with zero attached hydrogens (tertiary/aromatic N) is 1. The fourth-order valence-electron chi connectivity index (χ4n) is 2.48. The van der Waals surface area contributed by atoms with Crippen molar-refractivity contribution in [1.29, 1.82) is 0 Å². The molecular weight excluding hydrogens is 434 g/mol. The molecule has 8 nitrogen and oxygen atoms in total. The molecule has 2 heterocycles. The smallest absolute Gasteiger partial charge is 0.293 e. The summed E-state index contributed by atoms with van der Waals surface area (Å²) in [5, 5.41) is 4.12. The largest absolute Gasteiger partial charge is 0.350 e. The van der Waals surface area contributed by atoms with Crippen molar-refractivity contribution in [3.8, 4) is 0 Å². The zero-order valence-corrected chi connectivity index (χ0v) is 17.7. The number of imide groups is 1. The second kappa shape index (κ2) is 8.91. The van der Waals surface area contributed by atoms with Crippen LogP contribution in [-0.4, -0.2) is 50.5 Å². The Morgan fingerprint density at radius 2 is 1.90 bits per heavy atom. The zero-order valence-electron chi connectivity index (χ0n) is 15.2. The van der Waals surface area contributed by atoms with Crippen molar-refractivity contribution in [2.45, 2.75) is 4.90 Å². The molecule has 0 atom stereocenters. The number of rotatable bonds is 7. The van der Waals surface area contributed by atoms with Crippen LogP contribution in [0, 0.1) is 0 Å². The fourth-order valence-corrected chi connectivity index (χ4v) is 4.80. The van der Waals surface area contributed by atoms with Crippen molar-refractivity contribution in [2.75, 3.05) is 20.1 Å². The first-order chi connectivity index (χ1) is 13.8. The second-order valence-corrected chi connectivity index (χ2v) is 9.70. The van der Waals surface area contributed by atoms with Gasteiger partial charge in [0.2, 0.25) is 10.0 Å². The number of carbonyl (C=O) groups is 3. The molecule has 1 aliphatic rings. The quantitative estimate of drug-likeness (QED) is 0.624. The fraction of sp³-hybridized carbons (Fsp3) is 0.167. The van der Waals surface area contributed by atoms with Gasteiger partial charge in [-0.3, -0.25) is 19.3 Å². The summed E-state index contributed by atoms with van der Waals surface area (Å²) in [5.74, 6) is -0.816. The standard InChI is InChI=1S/C18H17N3O5S3/c1-19-29(25,26)14-6-4-12(5-7-14)16(22)20-8-9-21-17(23)15(28-18(21)24)11-13-3-2-10-27-13/h2-7,10-11,19H,8-9H2,1H3,(H,20,22). The lowest BCUT2D eigenvalue weighted by Gasteiger charge is -2.13. The van der Waals surface area contributed by atoms with Crippen molar-refractivity contribution in [2.24, 2.45) is 0 Å². The van der Waals surface area contributed by atoms with Gasteiger partial charge in [0.05, 0.1) is 9.80 Å². The van der Waals surface area contributed by atoms with Crippen LogP contribution < -0.4 is 10.0 Å². The van der Waals surface area contributed by atoms with E-state index in [-0.39, 0.29) is 34.7 Å². The number of thiophene rings is 1. The van der Waals surface area contributed by atoms with Crippen LogP contribution in [-0.2, 0) is 14.8 Å². The van der Waals surface area contributed by atoms with E-state index in [0.717, 1.165) is 21.5 Å². The van der Waals surface area contributed by atoms with E-state index < -0.39 is 15.9 Å². The van der Waals surface area contributed by atoms with E-state index in [0.29, 0.717) is 4.91 Å². The van der Waals surface area contributed by atoms with Crippen molar-refractivity contribution in [3.05, 3.63) is 57.1 Å². The molecule has 3 rings (SSSR count). The van der Waals surface area contributed by atoms with Crippen molar-refractivity contribution >= 4 is 56.3 Å². The summed E-state index contributed by atoms with van der Waals surface area (Å²) in [5.41, 5.74) is 0.270. The molecule has 2 aromatic rings. The molecule has 0 spiro atoms. The van der Waals surface area contributed by atoms with Gasteiger partial charge in [0, 0.05) is 23.5 Å². The SMILES string of the molecule is CNS(=O)(=O)c1ccc(C(=O)NCCN2C(=O)SC(=Cc3cccs3)C2=O)cc1. The summed E-state index contributed by atoms with van der Waals surface area (Å²) in [6.45, 7) is 0.129. The van der Waals surface area contributed by atoms with Gasteiger partial charge < -0.3 is 5.32 Å². The maximum Gasteiger partial charge on any atom is 0.293 e. The Morgan fingerprint density at radius 3 is 2.52 bits per heavy atom. The molecule has 0 bridgehead atoms. The molecule has 2 N–H and O–H groups in total. The average molecular weight is 452 g/mol. The number of hydrogen-bond acceptors (Lipinski definition) is 7. The summed E-state index contributed by atoms with van der Waals surface area (Å²) < 4.78 is 25.6. The summed E-state index contributed by atoms with van der Waals surface area (Å²) in [4.78, 5) is 39.1. The summed E-state index contributed by atoms with van der Waals surface area (Å²) >= 11 is 2.34. The highest BCUT2D eigenvalue weighted by Crippen LogP contribution is 2.32.